The summed E-state index contributed by atoms with van der Waals surface area (Å²) < 4.78 is 39.1. The summed E-state index contributed by atoms with van der Waals surface area (Å²) in [5, 5.41) is 1.80. The number of benzene rings is 1. The third-order valence-corrected chi connectivity index (χ3v) is 4.06. The lowest BCUT2D eigenvalue weighted by molar-refractivity contribution is -0.138. The lowest BCUT2D eigenvalue weighted by atomic mass is 10.0. The molecule has 1 atom stereocenters. The van der Waals surface area contributed by atoms with E-state index in [2.05, 4.69) is 5.32 Å². The second-order valence-corrected chi connectivity index (χ2v) is 6.34. The molecule has 144 valence electrons. The summed E-state index contributed by atoms with van der Waals surface area (Å²) in [4.78, 5) is 35.9. The van der Waals surface area contributed by atoms with Gasteiger partial charge in [-0.1, -0.05) is 41.9 Å². The molecule has 1 N–H and O–H groups in total. The Morgan fingerprint density at radius 3 is 2.41 bits per heavy atom. The topological polar surface area (TPSA) is 68.2 Å². The van der Waals surface area contributed by atoms with Crippen LogP contribution in [0.4, 0.5) is 13.2 Å². The first-order chi connectivity index (χ1) is 12.6. The maximum absolute atomic E-state index is 12.9. The molecule has 5 nitrogen and oxygen atoms in total. The van der Waals surface area contributed by atoms with Crippen LogP contribution < -0.4 is 10.9 Å². The van der Waals surface area contributed by atoms with Gasteiger partial charge >= 0.3 is 6.18 Å². The fourth-order valence-corrected chi connectivity index (χ4v) is 2.64. The fraction of sp³-hybridized carbons (Fsp3) is 0.278. The molecule has 0 saturated carbocycles. The van der Waals surface area contributed by atoms with Crippen molar-refractivity contribution in [1.82, 2.24) is 9.88 Å². The van der Waals surface area contributed by atoms with Crippen LogP contribution in [0.2, 0.25) is 5.02 Å². The van der Waals surface area contributed by atoms with E-state index in [4.69, 9.17) is 11.6 Å². The SMILES string of the molecule is CC(=O)[C@H](Cc1ccccc1)NC(=O)Cn1cc(C(F)(F)F)cc(Cl)c1=O. The Labute approximate surface area is 157 Å². The van der Waals surface area contributed by atoms with Gasteiger partial charge in [-0.3, -0.25) is 14.4 Å². The molecule has 9 heteroatoms. The Morgan fingerprint density at radius 1 is 1.22 bits per heavy atom. The number of pyridine rings is 1. The molecule has 1 aromatic carbocycles. The number of alkyl halides is 3. The van der Waals surface area contributed by atoms with Gasteiger partial charge in [-0.2, -0.15) is 13.2 Å². The predicted molar refractivity (Wildman–Crippen MR) is 93.5 cm³/mol. The number of nitrogens with zero attached hydrogens (tertiary/aromatic N) is 1. The highest BCUT2D eigenvalue weighted by molar-refractivity contribution is 6.30. The van der Waals surface area contributed by atoms with Crippen molar-refractivity contribution in [2.45, 2.75) is 32.1 Å². The molecule has 1 amide bonds. The zero-order chi connectivity index (χ0) is 20.2. The number of nitrogens with one attached hydrogen (secondary N) is 1. The van der Waals surface area contributed by atoms with Crippen LogP contribution >= 0.6 is 11.6 Å². The van der Waals surface area contributed by atoms with Crippen molar-refractivity contribution >= 4 is 23.3 Å². The number of Topliss-reactive ketones (excluding diaryl/α,β-unsaturated/α-hetero) is 1. The average molecular weight is 401 g/mol. The quantitative estimate of drug-likeness (QED) is 0.810. The van der Waals surface area contributed by atoms with Gasteiger partial charge in [-0.25, -0.2) is 0 Å². The highest BCUT2D eigenvalue weighted by Gasteiger charge is 2.32. The fourth-order valence-electron chi connectivity index (χ4n) is 2.41. The molecular weight excluding hydrogens is 385 g/mol. The van der Waals surface area contributed by atoms with E-state index in [1.54, 1.807) is 30.3 Å². The van der Waals surface area contributed by atoms with Crippen LogP contribution in [-0.4, -0.2) is 22.3 Å². The minimum absolute atomic E-state index is 0.222. The molecule has 1 aromatic heterocycles. The number of rotatable bonds is 6. The molecule has 0 spiro atoms. The third kappa shape index (κ3) is 5.68. The third-order valence-electron chi connectivity index (χ3n) is 3.79. The van der Waals surface area contributed by atoms with E-state index < -0.39 is 40.8 Å². The normalized spacial score (nSPS) is 12.5. The van der Waals surface area contributed by atoms with E-state index in [-0.39, 0.29) is 12.2 Å². The number of amides is 1. The number of halogens is 4. The van der Waals surface area contributed by atoms with E-state index in [1.165, 1.54) is 6.92 Å². The molecular formula is C18H16ClF3N2O3. The van der Waals surface area contributed by atoms with E-state index in [9.17, 15) is 27.6 Å². The van der Waals surface area contributed by atoms with Crippen molar-refractivity contribution in [3.8, 4) is 0 Å². The smallest absolute Gasteiger partial charge is 0.344 e. The lowest BCUT2D eigenvalue weighted by Crippen LogP contribution is -2.43. The van der Waals surface area contributed by atoms with E-state index in [0.29, 0.717) is 16.8 Å². The Morgan fingerprint density at radius 2 is 1.85 bits per heavy atom. The summed E-state index contributed by atoms with van der Waals surface area (Å²) in [6.45, 7) is 0.599. The molecule has 0 unspecified atom stereocenters. The van der Waals surface area contributed by atoms with Crippen LogP contribution in [0, 0.1) is 0 Å². The lowest BCUT2D eigenvalue weighted by Gasteiger charge is -2.17. The molecule has 0 aliphatic carbocycles. The molecule has 0 radical (unpaired) electrons. The van der Waals surface area contributed by atoms with E-state index in [0.717, 1.165) is 5.56 Å². The summed E-state index contributed by atoms with van der Waals surface area (Å²) in [5.41, 5.74) is -1.27. The number of aromatic nitrogens is 1. The first-order valence-electron chi connectivity index (χ1n) is 7.89. The predicted octanol–water partition coefficient (Wildman–Crippen LogP) is 2.84. The van der Waals surface area contributed by atoms with E-state index in [1.807, 2.05) is 0 Å². The van der Waals surface area contributed by atoms with Crippen molar-refractivity contribution in [2.24, 2.45) is 0 Å². The molecule has 0 saturated heterocycles. The highest BCUT2D eigenvalue weighted by atomic mass is 35.5. The molecule has 2 aromatic rings. The summed E-state index contributed by atoms with van der Waals surface area (Å²) in [7, 11) is 0. The molecule has 0 fully saturated rings. The maximum Gasteiger partial charge on any atom is 0.417 e. The van der Waals surface area contributed by atoms with Crippen LogP contribution in [0.1, 0.15) is 18.1 Å². The molecule has 0 aliphatic rings. The van der Waals surface area contributed by atoms with Gasteiger partial charge in [0, 0.05) is 6.20 Å². The molecule has 0 bridgehead atoms. The van der Waals surface area contributed by atoms with Gasteiger partial charge in [0.2, 0.25) is 5.91 Å². The second kappa shape index (κ2) is 8.39. The number of carbonyl (C=O) groups is 2. The standard InChI is InChI=1S/C18H16ClF3N2O3/c1-11(25)15(7-12-5-3-2-4-6-12)23-16(26)10-24-9-13(18(20,21)22)8-14(19)17(24)27/h2-6,8-9,15H,7,10H2,1H3,(H,23,26)/t15-/m0/s1. The second-order valence-electron chi connectivity index (χ2n) is 5.93. The highest BCUT2D eigenvalue weighted by Crippen LogP contribution is 2.29. The van der Waals surface area contributed by atoms with Gasteiger partial charge in [0.05, 0.1) is 11.6 Å². The van der Waals surface area contributed by atoms with Crippen molar-refractivity contribution < 1.29 is 22.8 Å². The number of hydrogen-bond donors (Lipinski definition) is 1. The van der Waals surface area contributed by atoms with Crippen LogP contribution in [0.15, 0.2) is 47.4 Å². The number of carbonyl (C=O) groups excluding carboxylic acids is 2. The molecule has 1 heterocycles. The summed E-state index contributed by atoms with van der Waals surface area (Å²) >= 11 is 5.55. The minimum Gasteiger partial charge on any atom is -0.344 e. The van der Waals surface area contributed by atoms with Crippen molar-refractivity contribution in [3.63, 3.8) is 0 Å². The summed E-state index contributed by atoms with van der Waals surface area (Å²) in [5.74, 6) is -1.09. The van der Waals surface area contributed by atoms with Gasteiger partial charge in [-0.05, 0) is 25.0 Å². The van der Waals surface area contributed by atoms with Crippen molar-refractivity contribution in [1.29, 1.82) is 0 Å². The largest absolute Gasteiger partial charge is 0.417 e. The van der Waals surface area contributed by atoms with Crippen LogP contribution in [-0.2, 0) is 28.7 Å². The first kappa shape index (κ1) is 20.7. The van der Waals surface area contributed by atoms with Gasteiger partial charge < -0.3 is 9.88 Å². The summed E-state index contributed by atoms with van der Waals surface area (Å²) in [6.07, 6.45) is -3.97. The molecule has 27 heavy (non-hydrogen) atoms. The van der Waals surface area contributed by atoms with Gasteiger partial charge in [0.25, 0.3) is 5.56 Å². The zero-order valence-electron chi connectivity index (χ0n) is 14.2. The minimum atomic E-state index is -4.72. The van der Waals surface area contributed by atoms with Crippen molar-refractivity contribution in [2.75, 3.05) is 0 Å². The Bertz CT molecular complexity index is 895. The van der Waals surface area contributed by atoms with Crippen LogP contribution in [0.25, 0.3) is 0 Å². The van der Waals surface area contributed by atoms with Crippen LogP contribution in [0.5, 0.6) is 0 Å². The van der Waals surface area contributed by atoms with Gasteiger partial charge in [0.15, 0.2) is 5.78 Å². The monoisotopic (exact) mass is 400 g/mol. The Kier molecular flexibility index (Phi) is 6.43. The van der Waals surface area contributed by atoms with Gasteiger partial charge in [0.1, 0.15) is 11.6 Å². The Hall–Kier alpha value is -2.61. The Balaban J connectivity index is 2.17. The summed E-state index contributed by atoms with van der Waals surface area (Å²) in [6, 6.07) is 8.55. The van der Waals surface area contributed by atoms with Crippen molar-refractivity contribution in [3.05, 3.63) is 69.1 Å². The number of ketones is 1. The van der Waals surface area contributed by atoms with E-state index >= 15 is 0 Å². The van der Waals surface area contributed by atoms with Crippen LogP contribution in [0.3, 0.4) is 0 Å². The average Bonchev–Trinajstić information content (AvgIpc) is 2.58. The molecule has 2 rings (SSSR count). The zero-order valence-corrected chi connectivity index (χ0v) is 15.0. The van der Waals surface area contributed by atoms with Gasteiger partial charge in [-0.15, -0.1) is 0 Å². The molecule has 0 aliphatic heterocycles. The number of hydrogen-bond acceptors (Lipinski definition) is 3. The maximum atomic E-state index is 12.9. The first-order valence-corrected chi connectivity index (χ1v) is 8.26.